The van der Waals surface area contributed by atoms with E-state index in [-0.39, 0.29) is 6.03 Å². The second-order valence-electron chi connectivity index (χ2n) is 3.28. The first kappa shape index (κ1) is 11.3. The Kier molecular flexibility index (Phi) is 5.32. The number of hydrogen-bond donors (Lipinski definition) is 2. The van der Waals surface area contributed by atoms with Crippen molar-refractivity contribution in [2.24, 2.45) is 0 Å². The fraction of sp³-hybridized carbons (Fsp3) is 0.889. The number of rotatable bonds is 7. The molecule has 1 rings (SSSR count). The number of carbonyl (C=O) groups excluding carboxylic acids is 1. The van der Waals surface area contributed by atoms with Crippen molar-refractivity contribution >= 4 is 6.03 Å². The van der Waals surface area contributed by atoms with Crippen LogP contribution in [0.25, 0.3) is 0 Å². The molecule has 5 nitrogen and oxygen atoms in total. The van der Waals surface area contributed by atoms with Gasteiger partial charge in [-0.15, -0.1) is 0 Å². The topological polar surface area (TPSA) is 59.6 Å². The van der Waals surface area contributed by atoms with Crippen LogP contribution >= 0.6 is 0 Å². The maximum atomic E-state index is 11.1. The quantitative estimate of drug-likeness (QED) is 0.576. The summed E-state index contributed by atoms with van der Waals surface area (Å²) in [5.74, 6) is 0. The summed E-state index contributed by atoms with van der Waals surface area (Å²) in [4.78, 5) is 11.1. The first-order valence-corrected chi connectivity index (χ1v) is 4.94. The zero-order chi connectivity index (χ0) is 10.2. The van der Waals surface area contributed by atoms with Gasteiger partial charge in [-0.25, -0.2) is 4.79 Å². The Morgan fingerprint density at radius 1 is 1.36 bits per heavy atom. The minimum atomic E-state index is -0.0946. The number of ether oxygens (including phenoxy) is 2. The molecule has 0 saturated heterocycles. The molecule has 0 bridgehead atoms. The highest BCUT2D eigenvalue weighted by Crippen LogP contribution is 2.17. The van der Waals surface area contributed by atoms with Gasteiger partial charge in [-0.3, -0.25) is 0 Å². The van der Waals surface area contributed by atoms with Crippen molar-refractivity contribution in [1.29, 1.82) is 0 Å². The molecule has 0 aliphatic heterocycles. The molecule has 0 radical (unpaired) electrons. The number of amides is 2. The molecular weight excluding hydrogens is 184 g/mol. The van der Waals surface area contributed by atoms with E-state index in [4.69, 9.17) is 9.47 Å². The van der Waals surface area contributed by atoms with Crippen molar-refractivity contribution in [3.05, 3.63) is 0 Å². The van der Waals surface area contributed by atoms with Crippen LogP contribution in [0.15, 0.2) is 0 Å². The van der Waals surface area contributed by atoms with Crippen LogP contribution in [0.4, 0.5) is 4.79 Å². The van der Waals surface area contributed by atoms with E-state index in [0.717, 1.165) is 12.8 Å². The van der Waals surface area contributed by atoms with Gasteiger partial charge in [0.15, 0.2) is 0 Å². The van der Waals surface area contributed by atoms with Gasteiger partial charge >= 0.3 is 6.03 Å². The maximum Gasteiger partial charge on any atom is 0.315 e. The lowest BCUT2D eigenvalue weighted by atomic mass is 10.6. The van der Waals surface area contributed by atoms with Crippen LogP contribution in [0, 0.1) is 0 Å². The molecule has 0 aromatic rings. The predicted octanol–water partition coefficient (Wildman–Crippen LogP) is 0.111. The molecule has 82 valence electrons. The van der Waals surface area contributed by atoms with Crippen molar-refractivity contribution < 1.29 is 14.3 Å². The fourth-order valence-electron chi connectivity index (χ4n) is 0.945. The molecule has 1 aliphatic rings. The van der Waals surface area contributed by atoms with Crippen LogP contribution in [0.5, 0.6) is 0 Å². The van der Waals surface area contributed by atoms with Gasteiger partial charge in [0.1, 0.15) is 0 Å². The molecule has 1 fully saturated rings. The number of nitrogens with one attached hydrogen (secondary N) is 2. The number of carbonyl (C=O) groups is 1. The van der Waals surface area contributed by atoms with E-state index in [0.29, 0.717) is 32.4 Å². The lowest BCUT2D eigenvalue weighted by Crippen LogP contribution is -2.38. The maximum absolute atomic E-state index is 11.1. The average Bonchev–Trinajstić information content (AvgIpc) is 2.95. The van der Waals surface area contributed by atoms with Crippen molar-refractivity contribution in [1.82, 2.24) is 10.6 Å². The molecule has 0 atom stereocenters. The predicted molar refractivity (Wildman–Crippen MR) is 52.3 cm³/mol. The number of hydrogen-bond acceptors (Lipinski definition) is 3. The molecule has 1 saturated carbocycles. The van der Waals surface area contributed by atoms with E-state index in [9.17, 15) is 4.79 Å². The minimum Gasteiger partial charge on any atom is -0.382 e. The lowest BCUT2D eigenvalue weighted by molar-refractivity contribution is 0.0726. The molecule has 0 heterocycles. The van der Waals surface area contributed by atoms with Crippen LogP contribution in [0.2, 0.25) is 0 Å². The van der Waals surface area contributed by atoms with Crippen LogP contribution in [-0.4, -0.2) is 45.5 Å². The summed E-state index contributed by atoms with van der Waals surface area (Å²) in [5, 5.41) is 5.54. The standard InChI is InChI=1S/C9H18N2O3/c1-13-6-7-14-5-4-10-9(12)11-8-2-3-8/h8H,2-7H2,1H3,(H2,10,11,12). The molecule has 1 aliphatic carbocycles. The fourth-order valence-corrected chi connectivity index (χ4v) is 0.945. The molecule has 2 N–H and O–H groups in total. The molecule has 0 aromatic carbocycles. The van der Waals surface area contributed by atoms with Crippen molar-refractivity contribution in [2.75, 3.05) is 33.5 Å². The normalized spacial score (nSPS) is 15.2. The van der Waals surface area contributed by atoms with Crippen molar-refractivity contribution in [2.45, 2.75) is 18.9 Å². The van der Waals surface area contributed by atoms with Crippen LogP contribution in [0.3, 0.4) is 0 Å². The van der Waals surface area contributed by atoms with Crippen LogP contribution in [0.1, 0.15) is 12.8 Å². The van der Waals surface area contributed by atoms with E-state index in [1.807, 2.05) is 0 Å². The monoisotopic (exact) mass is 202 g/mol. The largest absolute Gasteiger partial charge is 0.382 e. The molecule has 0 aromatic heterocycles. The smallest absolute Gasteiger partial charge is 0.315 e. The van der Waals surface area contributed by atoms with E-state index >= 15 is 0 Å². The average molecular weight is 202 g/mol. The third-order valence-corrected chi connectivity index (χ3v) is 1.88. The summed E-state index contributed by atoms with van der Waals surface area (Å²) >= 11 is 0. The minimum absolute atomic E-state index is 0.0946. The Labute approximate surface area is 84.1 Å². The second kappa shape index (κ2) is 6.62. The first-order chi connectivity index (χ1) is 6.83. The van der Waals surface area contributed by atoms with Gasteiger partial charge in [0.05, 0.1) is 19.8 Å². The summed E-state index contributed by atoms with van der Waals surface area (Å²) in [7, 11) is 1.63. The molecular formula is C9H18N2O3. The lowest BCUT2D eigenvalue weighted by Gasteiger charge is -2.06. The van der Waals surface area contributed by atoms with Gasteiger partial charge in [-0.1, -0.05) is 0 Å². The van der Waals surface area contributed by atoms with E-state index < -0.39 is 0 Å². The van der Waals surface area contributed by atoms with Crippen LogP contribution in [-0.2, 0) is 9.47 Å². The third kappa shape index (κ3) is 5.77. The summed E-state index contributed by atoms with van der Waals surface area (Å²) in [5.41, 5.74) is 0. The van der Waals surface area contributed by atoms with Gasteiger partial charge in [-0.2, -0.15) is 0 Å². The van der Waals surface area contributed by atoms with E-state index in [2.05, 4.69) is 10.6 Å². The van der Waals surface area contributed by atoms with Crippen molar-refractivity contribution in [3.8, 4) is 0 Å². The Morgan fingerprint density at radius 2 is 2.14 bits per heavy atom. The number of methoxy groups -OCH3 is 1. The summed E-state index contributed by atoms with van der Waals surface area (Å²) in [6, 6.07) is 0.312. The highest BCUT2D eigenvalue weighted by Gasteiger charge is 2.22. The highest BCUT2D eigenvalue weighted by atomic mass is 16.5. The van der Waals surface area contributed by atoms with Gasteiger partial charge in [0.2, 0.25) is 0 Å². The zero-order valence-electron chi connectivity index (χ0n) is 8.54. The SMILES string of the molecule is COCCOCCNC(=O)NC1CC1. The Balaban J connectivity index is 1.80. The zero-order valence-corrected chi connectivity index (χ0v) is 8.54. The highest BCUT2D eigenvalue weighted by molar-refractivity contribution is 5.74. The van der Waals surface area contributed by atoms with E-state index in [1.54, 1.807) is 7.11 Å². The summed E-state index contributed by atoms with van der Waals surface area (Å²) in [6.45, 7) is 2.24. The Morgan fingerprint density at radius 3 is 2.79 bits per heavy atom. The van der Waals surface area contributed by atoms with Gasteiger partial charge in [-0.05, 0) is 12.8 Å². The summed E-state index contributed by atoms with van der Waals surface area (Å²) < 4.78 is 9.98. The molecule has 2 amide bonds. The molecule has 5 heteroatoms. The second-order valence-corrected chi connectivity index (χ2v) is 3.28. The number of urea groups is 1. The molecule has 0 unspecified atom stereocenters. The van der Waals surface area contributed by atoms with Gasteiger partial charge in [0.25, 0.3) is 0 Å². The van der Waals surface area contributed by atoms with Crippen LogP contribution < -0.4 is 10.6 Å². The first-order valence-electron chi connectivity index (χ1n) is 4.94. The Hall–Kier alpha value is -0.810. The van der Waals surface area contributed by atoms with Gasteiger partial charge < -0.3 is 20.1 Å². The van der Waals surface area contributed by atoms with Crippen molar-refractivity contribution in [3.63, 3.8) is 0 Å². The van der Waals surface area contributed by atoms with Gasteiger partial charge in [0, 0.05) is 19.7 Å². The Bertz CT molecular complexity index is 171. The summed E-state index contributed by atoms with van der Waals surface area (Å²) in [6.07, 6.45) is 2.22. The van der Waals surface area contributed by atoms with E-state index in [1.165, 1.54) is 0 Å². The third-order valence-electron chi connectivity index (χ3n) is 1.88. The molecule has 14 heavy (non-hydrogen) atoms. The molecule has 0 spiro atoms.